The first-order chi connectivity index (χ1) is 17.9. The molecule has 204 valence electrons. The van der Waals surface area contributed by atoms with E-state index in [9.17, 15) is 0 Å². The average Bonchev–Trinajstić information content (AvgIpc) is 2.91. The molecule has 0 N–H and O–H groups in total. The first kappa shape index (κ1) is 31.2. The van der Waals surface area contributed by atoms with E-state index in [0.717, 1.165) is 30.1 Å². The van der Waals surface area contributed by atoms with E-state index in [1.807, 2.05) is 0 Å². The lowest BCUT2D eigenvalue weighted by molar-refractivity contribution is 0.191. The molecule has 2 saturated carbocycles. The summed E-state index contributed by atoms with van der Waals surface area (Å²) in [5.74, 6) is 3.84. The van der Waals surface area contributed by atoms with Crippen molar-refractivity contribution < 1.29 is 0 Å². The Kier molecular flexibility index (Phi) is 13.5. The standard InChI is InChI=1S/C30H48P6S/c1-3-23-4-6-24(7-5-23)20-25-8-10-26(11-9-25)21-27-12-14-28(15-13-27)22-29-16-18-30(19-17-29)37(2)34-36(33)35(31)32/h4-7,16-19,25-28H,3,8-15,20-22,31-33H2,1-2H3. The van der Waals surface area contributed by atoms with Gasteiger partial charge in [0.2, 0.25) is 0 Å². The van der Waals surface area contributed by atoms with Crippen LogP contribution in [0.15, 0.2) is 53.4 Å². The topological polar surface area (TPSA) is 0 Å². The van der Waals surface area contributed by atoms with E-state index in [1.165, 1.54) is 76.2 Å². The molecule has 0 saturated heterocycles. The van der Waals surface area contributed by atoms with Crippen molar-refractivity contribution in [3.05, 3.63) is 65.2 Å². The fraction of sp³-hybridized carbons (Fsp3) is 0.600. The number of benzene rings is 2. The minimum atomic E-state index is 0.0296. The van der Waals surface area contributed by atoms with Gasteiger partial charge in [0.1, 0.15) is 0 Å². The number of hydrogen-bond acceptors (Lipinski definition) is 0. The summed E-state index contributed by atoms with van der Waals surface area (Å²) in [5, 5.41) is 0. The molecular formula is C30H48P6S. The molecule has 0 bridgehead atoms. The maximum absolute atomic E-state index is 3.11. The van der Waals surface area contributed by atoms with Gasteiger partial charge in [0, 0.05) is 11.9 Å². The Hall–Kier alpha value is 1.24. The summed E-state index contributed by atoms with van der Waals surface area (Å²) in [7, 11) is 11.1. The van der Waals surface area contributed by atoms with Gasteiger partial charge in [-0.2, -0.15) is 0 Å². The molecule has 2 fully saturated rings. The highest BCUT2D eigenvalue weighted by molar-refractivity contribution is 8.96. The van der Waals surface area contributed by atoms with Gasteiger partial charge >= 0.3 is 0 Å². The smallest absolute Gasteiger partial charge is 0.00564 e. The summed E-state index contributed by atoms with van der Waals surface area (Å²) >= 11 is 0. The van der Waals surface area contributed by atoms with Crippen molar-refractivity contribution in [2.75, 3.05) is 6.26 Å². The Morgan fingerprint density at radius 3 is 1.51 bits per heavy atom. The molecule has 2 aromatic rings. The van der Waals surface area contributed by atoms with E-state index in [4.69, 9.17) is 0 Å². The van der Waals surface area contributed by atoms with Crippen molar-refractivity contribution in [3.8, 4) is 0 Å². The predicted molar refractivity (Wildman–Crippen MR) is 187 cm³/mol. The van der Waals surface area contributed by atoms with Crippen LogP contribution in [0.5, 0.6) is 0 Å². The minimum Gasteiger partial charge on any atom is -0.129 e. The molecule has 0 amide bonds. The molecule has 37 heavy (non-hydrogen) atoms. The lowest BCUT2D eigenvalue weighted by atomic mass is 9.72. The van der Waals surface area contributed by atoms with Crippen LogP contribution < -0.4 is 0 Å². The fourth-order valence-corrected chi connectivity index (χ4v) is 28.8. The number of aryl methyl sites for hydroxylation is 1. The zero-order valence-corrected chi connectivity index (χ0v) is 29.9. The van der Waals surface area contributed by atoms with Crippen molar-refractivity contribution in [3.63, 3.8) is 0 Å². The molecule has 2 aliphatic carbocycles. The second-order valence-corrected chi connectivity index (χ2v) is 34.9. The predicted octanol–water partition coefficient (Wildman–Crippen LogP) is 11.7. The van der Waals surface area contributed by atoms with E-state index >= 15 is 0 Å². The van der Waals surface area contributed by atoms with E-state index < -0.39 is 0 Å². The molecule has 0 nitrogen and oxygen atoms in total. The minimum absolute atomic E-state index is 0.0296. The Morgan fingerprint density at radius 1 is 0.676 bits per heavy atom. The SMILES string of the molecule is CCc1ccc(CC2CCC(CC3CCC(Cc4ccc(S(C)=PP(P)P(P)P)cc4)CC3)CC2)cc1. The van der Waals surface area contributed by atoms with Gasteiger partial charge in [0.05, 0.1) is 0 Å². The molecule has 5 atom stereocenters. The third kappa shape index (κ3) is 10.2. The third-order valence-electron chi connectivity index (χ3n) is 8.79. The molecular weight excluding hydrogens is 578 g/mol. The summed E-state index contributed by atoms with van der Waals surface area (Å²) in [6.07, 6.45) is 19.4. The van der Waals surface area contributed by atoms with Crippen molar-refractivity contribution in [2.45, 2.75) is 88.9 Å². The summed E-state index contributed by atoms with van der Waals surface area (Å²) in [6.45, 7) is 2.32. The Morgan fingerprint density at radius 2 is 1.08 bits per heavy atom. The molecule has 0 radical (unpaired) electrons. The average molecular weight is 627 g/mol. The van der Waals surface area contributed by atoms with Crippen LogP contribution in [-0.4, -0.2) is 6.26 Å². The van der Waals surface area contributed by atoms with E-state index in [1.54, 1.807) is 23.1 Å². The molecule has 4 rings (SSSR count). The molecule has 0 heterocycles. The van der Waals surface area contributed by atoms with Crippen LogP contribution in [0, 0.1) is 23.7 Å². The van der Waals surface area contributed by atoms with Gasteiger partial charge in [-0.25, -0.2) is 0 Å². The van der Waals surface area contributed by atoms with Crippen molar-refractivity contribution in [1.82, 2.24) is 0 Å². The van der Waals surface area contributed by atoms with Gasteiger partial charge in [-0.1, -0.05) is 77.9 Å². The Bertz CT molecular complexity index is 974. The Balaban J connectivity index is 1.15. The maximum atomic E-state index is 3.11. The second-order valence-electron chi connectivity index (χ2n) is 11.5. The molecule has 0 aromatic heterocycles. The van der Waals surface area contributed by atoms with Crippen LogP contribution >= 0.6 is 47.8 Å². The number of rotatable bonds is 10. The molecule has 7 heteroatoms. The van der Waals surface area contributed by atoms with E-state index in [-0.39, 0.29) is 14.0 Å². The van der Waals surface area contributed by atoms with Crippen molar-refractivity contribution in [1.29, 1.82) is 0 Å². The van der Waals surface area contributed by atoms with Crippen molar-refractivity contribution in [2.24, 2.45) is 23.7 Å². The van der Waals surface area contributed by atoms with Crippen LogP contribution in [0.4, 0.5) is 0 Å². The first-order valence-corrected chi connectivity index (χ1v) is 26.4. The zero-order valence-electron chi connectivity index (χ0n) is 22.9. The second kappa shape index (κ2) is 16.0. The van der Waals surface area contributed by atoms with Crippen LogP contribution in [0.2, 0.25) is 0 Å². The summed E-state index contributed by atoms with van der Waals surface area (Å²) in [5.41, 5.74) is 4.59. The van der Waals surface area contributed by atoms with Gasteiger partial charge in [-0.05, 0) is 124 Å². The fourth-order valence-electron chi connectivity index (χ4n) is 6.43. The Labute approximate surface area is 240 Å². The summed E-state index contributed by atoms with van der Waals surface area (Å²) in [4.78, 5) is 1.54. The maximum Gasteiger partial charge on any atom is 0.00564 e. The molecule has 2 aromatic carbocycles. The highest BCUT2D eigenvalue weighted by atomic mass is 33.0. The van der Waals surface area contributed by atoms with Crippen LogP contribution in [0.1, 0.15) is 81.4 Å². The van der Waals surface area contributed by atoms with Crippen LogP contribution in [-0.2, 0) is 29.3 Å². The third-order valence-corrected chi connectivity index (χ3v) is 39.2. The van der Waals surface area contributed by atoms with Crippen LogP contribution in [0.3, 0.4) is 0 Å². The van der Waals surface area contributed by atoms with Gasteiger partial charge < -0.3 is 0 Å². The molecule has 2 aliphatic rings. The first-order valence-electron chi connectivity index (χ1n) is 14.3. The molecule has 0 aliphatic heterocycles. The highest BCUT2D eigenvalue weighted by Crippen LogP contribution is 2.89. The number of hydrogen-bond donors (Lipinski definition) is 0. The summed E-state index contributed by atoms with van der Waals surface area (Å²) in [6, 6.07) is 19.2. The van der Waals surface area contributed by atoms with Gasteiger partial charge in [-0.15, -0.1) is 27.9 Å². The van der Waals surface area contributed by atoms with Gasteiger partial charge in [-0.3, -0.25) is 0 Å². The largest absolute Gasteiger partial charge is 0.129 e. The van der Waals surface area contributed by atoms with Gasteiger partial charge in [0.15, 0.2) is 0 Å². The normalized spacial score (nSPS) is 26.3. The van der Waals surface area contributed by atoms with E-state index in [0.29, 0.717) is 10.1 Å². The van der Waals surface area contributed by atoms with Gasteiger partial charge in [0.25, 0.3) is 0 Å². The molecule has 0 spiro atoms. The quantitative estimate of drug-likeness (QED) is 0.230. The van der Waals surface area contributed by atoms with E-state index in [2.05, 4.69) is 88.5 Å². The zero-order chi connectivity index (χ0) is 26.2. The van der Waals surface area contributed by atoms with Crippen LogP contribution in [0.25, 0.3) is 0 Å². The summed E-state index contributed by atoms with van der Waals surface area (Å²) < 4.78 is 0. The molecule has 5 unspecified atom stereocenters. The monoisotopic (exact) mass is 626 g/mol. The highest BCUT2D eigenvalue weighted by Gasteiger charge is 2.27. The lowest BCUT2D eigenvalue weighted by Gasteiger charge is -2.34. The lowest BCUT2D eigenvalue weighted by Crippen LogP contribution is -2.22. The van der Waals surface area contributed by atoms with Crippen molar-refractivity contribution >= 4 is 57.9 Å².